The molecule has 0 aromatic heterocycles. The number of hydrogen-bond donors (Lipinski definition) is 2. The first kappa shape index (κ1) is 13.8. The number of amides is 1. The molecule has 0 aliphatic rings. The number of carbonyl (C=O) groups excluding carboxylic acids is 1. The standard InChI is InChI=1S/C14H12F2N2O2/c15-9-1-6-13(12(16)7-9)20-8-14(19)18-11-4-2-10(17)3-5-11/h1-7H,8,17H2,(H,18,19). The molecular formula is C14H12F2N2O2. The van der Waals surface area contributed by atoms with Gasteiger partial charge < -0.3 is 15.8 Å². The molecule has 1 amide bonds. The van der Waals surface area contributed by atoms with Gasteiger partial charge in [-0.05, 0) is 36.4 Å². The topological polar surface area (TPSA) is 64.3 Å². The maximum atomic E-state index is 13.3. The zero-order chi connectivity index (χ0) is 14.5. The van der Waals surface area contributed by atoms with Crippen LogP contribution in [0.15, 0.2) is 42.5 Å². The molecule has 4 nitrogen and oxygen atoms in total. The molecule has 0 fully saturated rings. The van der Waals surface area contributed by atoms with Gasteiger partial charge in [0.05, 0.1) is 0 Å². The molecule has 0 bridgehead atoms. The molecule has 0 saturated heterocycles. The van der Waals surface area contributed by atoms with Gasteiger partial charge in [-0.25, -0.2) is 8.78 Å². The fourth-order valence-corrected chi connectivity index (χ4v) is 1.50. The minimum absolute atomic E-state index is 0.182. The van der Waals surface area contributed by atoms with Crippen LogP contribution in [0.3, 0.4) is 0 Å². The molecule has 2 aromatic carbocycles. The predicted octanol–water partition coefficient (Wildman–Crippen LogP) is 2.56. The van der Waals surface area contributed by atoms with Crippen LogP contribution in [0.1, 0.15) is 0 Å². The minimum Gasteiger partial charge on any atom is -0.481 e. The summed E-state index contributed by atoms with van der Waals surface area (Å²) in [5.74, 6) is -2.20. The van der Waals surface area contributed by atoms with E-state index in [0.717, 1.165) is 12.1 Å². The molecule has 2 aromatic rings. The molecule has 20 heavy (non-hydrogen) atoms. The average molecular weight is 278 g/mol. The lowest BCUT2D eigenvalue weighted by Gasteiger charge is -2.08. The second-order valence-corrected chi connectivity index (χ2v) is 4.03. The number of hydrogen-bond acceptors (Lipinski definition) is 3. The summed E-state index contributed by atoms with van der Waals surface area (Å²) in [5, 5.41) is 2.55. The first-order valence-electron chi connectivity index (χ1n) is 5.78. The lowest BCUT2D eigenvalue weighted by atomic mass is 10.3. The van der Waals surface area contributed by atoms with Gasteiger partial charge in [-0.15, -0.1) is 0 Å². The van der Waals surface area contributed by atoms with E-state index in [4.69, 9.17) is 10.5 Å². The van der Waals surface area contributed by atoms with E-state index in [1.807, 2.05) is 0 Å². The molecule has 0 aliphatic heterocycles. The van der Waals surface area contributed by atoms with Crippen LogP contribution < -0.4 is 15.8 Å². The number of anilines is 2. The van der Waals surface area contributed by atoms with Crippen LogP contribution in [-0.4, -0.2) is 12.5 Å². The smallest absolute Gasteiger partial charge is 0.262 e. The Kier molecular flexibility index (Phi) is 4.14. The number of nitrogens with one attached hydrogen (secondary N) is 1. The number of carbonyl (C=O) groups is 1. The largest absolute Gasteiger partial charge is 0.481 e. The Balaban J connectivity index is 1.90. The van der Waals surface area contributed by atoms with Crippen molar-refractivity contribution in [2.45, 2.75) is 0 Å². The van der Waals surface area contributed by atoms with Gasteiger partial charge in [0.2, 0.25) is 0 Å². The van der Waals surface area contributed by atoms with Crippen LogP contribution in [0.25, 0.3) is 0 Å². The summed E-state index contributed by atoms with van der Waals surface area (Å²) in [6.07, 6.45) is 0. The lowest BCUT2D eigenvalue weighted by Crippen LogP contribution is -2.20. The van der Waals surface area contributed by atoms with Gasteiger partial charge in [0.25, 0.3) is 5.91 Å². The van der Waals surface area contributed by atoms with Gasteiger partial charge >= 0.3 is 0 Å². The van der Waals surface area contributed by atoms with Crippen LogP contribution in [0.2, 0.25) is 0 Å². The molecule has 0 saturated carbocycles. The van der Waals surface area contributed by atoms with Crippen molar-refractivity contribution in [2.75, 3.05) is 17.7 Å². The van der Waals surface area contributed by atoms with Gasteiger partial charge in [-0.1, -0.05) is 0 Å². The quantitative estimate of drug-likeness (QED) is 0.845. The van der Waals surface area contributed by atoms with E-state index in [-0.39, 0.29) is 12.4 Å². The highest BCUT2D eigenvalue weighted by atomic mass is 19.1. The van der Waals surface area contributed by atoms with Gasteiger partial charge in [0.1, 0.15) is 5.82 Å². The Labute approximate surface area is 114 Å². The summed E-state index contributed by atoms with van der Waals surface area (Å²) in [7, 11) is 0. The van der Waals surface area contributed by atoms with E-state index in [2.05, 4.69) is 5.32 Å². The average Bonchev–Trinajstić information content (AvgIpc) is 2.40. The van der Waals surface area contributed by atoms with E-state index in [1.54, 1.807) is 24.3 Å². The van der Waals surface area contributed by atoms with Crippen LogP contribution in [0.5, 0.6) is 5.75 Å². The minimum atomic E-state index is -0.856. The summed E-state index contributed by atoms with van der Waals surface area (Å²) in [5.41, 5.74) is 6.64. The van der Waals surface area contributed by atoms with E-state index in [0.29, 0.717) is 17.4 Å². The van der Waals surface area contributed by atoms with Crippen molar-refractivity contribution in [3.8, 4) is 5.75 Å². The number of ether oxygens (including phenoxy) is 1. The van der Waals surface area contributed by atoms with Gasteiger partial charge in [-0.2, -0.15) is 0 Å². The number of nitrogens with two attached hydrogens (primary N) is 1. The summed E-state index contributed by atoms with van der Waals surface area (Å²) in [6.45, 7) is -0.382. The number of rotatable bonds is 4. The predicted molar refractivity (Wildman–Crippen MR) is 71.3 cm³/mol. The molecule has 0 heterocycles. The summed E-state index contributed by atoms with van der Waals surface area (Å²) >= 11 is 0. The van der Waals surface area contributed by atoms with Gasteiger partial charge in [0.15, 0.2) is 18.2 Å². The first-order chi connectivity index (χ1) is 9.54. The zero-order valence-electron chi connectivity index (χ0n) is 10.4. The molecule has 2 rings (SSSR count). The third kappa shape index (κ3) is 3.68. The van der Waals surface area contributed by atoms with E-state index in [1.165, 1.54) is 0 Å². The number of benzene rings is 2. The van der Waals surface area contributed by atoms with Crippen molar-refractivity contribution in [3.63, 3.8) is 0 Å². The second kappa shape index (κ2) is 6.01. The van der Waals surface area contributed by atoms with E-state index >= 15 is 0 Å². The number of halogens is 2. The van der Waals surface area contributed by atoms with Crippen LogP contribution >= 0.6 is 0 Å². The third-order valence-corrected chi connectivity index (χ3v) is 2.45. The summed E-state index contributed by atoms with van der Waals surface area (Å²) in [4.78, 5) is 11.6. The van der Waals surface area contributed by atoms with Crippen LogP contribution in [0.4, 0.5) is 20.2 Å². The Morgan fingerprint density at radius 3 is 2.50 bits per heavy atom. The molecule has 0 atom stereocenters. The maximum Gasteiger partial charge on any atom is 0.262 e. The Hall–Kier alpha value is -2.63. The fraction of sp³-hybridized carbons (Fsp3) is 0.0714. The highest BCUT2D eigenvalue weighted by Crippen LogP contribution is 2.17. The van der Waals surface area contributed by atoms with Gasteiger partial charge in [-0.3, -0.25) is 4.79 Å². The monoisotopic (exact) mass is 278 g/mol. The molecular weight excluding hydrogens is 266 g/mol. The lowest BCUT2D eigenvalue weighted by molar-refractivity contribution is -0.118. The van der Waals surface area contributed by atoms with E-state index < -0.39 is 17.5 Å². The highest BCUT2D eigenvalue weighted by molar-refractivity contribution is 5.92. The molecule has 104 valence electrons. The molecule has 0 aliphatic carbocycles. The SMILES string of the molecule is Nc1ccc(NC(=O)COc2ccc(F)cc2F)cc1. The van der Waals surface area contributed by atoms with Crippen LogP contribution in [-0.2, 0) is 4.79 Å². The van der Waals surface area contributed by atoms with E-state index in [9.17, 15) is 13.6 Å². The fourth-order valence-electron chi connectivity index (χ4n) is 1.50. The highest BCUT2D eigenvalue weighted by Gasteiger charge is 2.08. The maximum absolute atomic E-state index is 13.3. The molecule has 3 N–H and O–H groups in total. The Bertz CT molecular complexity index is 615. The van der Waals surface area contributed by atoms with Crippen molar-refractivity contribution in [1.82, 2.24) is 0 Å². The Morgan fingerprint density at radius 1 is 1.15 bits per heavy atom. The normalized spacial score (nSPS) is 10.1. The number of nitrogen functional groups attached to an aromatic ring is 1. The van der Waals surface area contributed by atoms with Crippen LogP contribution in [0, 0.1) is 11.6 Å². The Morgan fingerprint density at radius 2 is 1.85 bits per heavy atom. The molecule has 0 spiro atoms. The second-order valence-electron chi connectivity index (χ2n) is 4.03. The van der Waals surface area contributed by atoms with Crippen molar-refractivity contribution < 1.29 is 18.3 Å². The van der Waals surface area contributed by atoms with Crippen molar-refractivity contribution in [2.24, 2.45) is 0 Å². The molecule has 0 radical (unpaired) electrons. The third-order valence-electron chi connectivity index (χ3n) is 2.45. The van der Waals surface area contributed by atoms with Crippen molar-refractivity contribution >= 4 is 17.3 Å². The molecule has 6 heteroatoms. The van der Waals surface area contributed by atoms with Crippen molar-refractivity contribution in [1.29, 1.82) is 0 Å². The first-order valence-corrected chi connectivity index (χ1v) is 5.78. The zero-order valence-corrected chi connectivity index (χ0v) is 10.4. The van der Waals surface area contributed by atoms with Gasteiger partial charge in [0, 0.05) is 17.4 Å². The molecule has 0 unspecified atom stereocenters. The van der Waals surface area contributed by atoms with Crippen molar-refractivity contribution in [3.05, 3.63) is 54.1 Å². The summed E-state index contributed by atoms with van der Waals surface area (Å²) < 4.78 is 30.9. The summed E-state index contributed by atoms with van der Waals surface area (Å²) in [6, 6.07) is 9.40.